The molecule has 1 aromatic rings. The highest BCUT2D eigenvalue weighted by molar-refractivity contribution is 5.14. The van der Waals surface area contributed by atoms with Gasteiger partial charge in [-0.1, -0.05) is 30.3 Å². The summed E-state index contributed by atoms with van der Waals surface area (Å²) in [4.78, 5) is 3.17. The van der Waals surface area contributed by atoms with Gasteiger partial charge in [0, 0.05) is 24.8 Å². The van der Waals surface area contributed by atoms with Crippen LogP contribution in [0.5, 0.6) is 0 Å². The molecule has 4 aliphatic carbocycles. The molecule has 5 fully saturated rings. The van der Waals surface area contributed by atoms with Gasteiger partial charge in [0.05, 0.1) is 5.54 Å². The van der Waals surface area contributed by atoms with E-state index in [0.29, 0.717) is 5.54 Å². The lowest BCUT2D eigenvalue weighted by Gasteiger charge is -2.59. The molecule has 0 amide bonds. The predicted octanol–water partition coefficient (Wildman–Crippen LogP) is 0.942. The van der Waals surface area contributed by atoms with Crippen molar-refractivity contribution in [1.29, 1.82) is 0 Å². The van der Waals surface area contributed by atoms with Crippen molar-refractivity contribution in [3.8, 4) is 24.7 Å². The molecule has 2 nitrogen and oxygen atoms in total. The van der Waals surface area contributed by atoms with Gasteiger partial charge < -0.3 is 4.90 Å². The van der Waals surface area contributed by atoms with Gasteiger partial charge in [0.15, 0.2) is 12.1 Å². The predicted molar refractivity (Wildman–Crippen MR) is 108 cm³/mol. The molecule has 2 atom stereocenters. The SMILES string of the molecule is C#C[C@@H]1C[NH+](C23CC4CC(CC(C4)C2)C3)C[C@@H](C#C)[NH+]1Cc1ccccc1. The first-order valence-electron chi connectivity index (χ1n) is 10.9. The Morgan fingerprint density at radius 2 is 1.37 bits per heavy atom. The molecule has 140 valence electrons. The molecular weight excluding hydrogens is 328 g/mol. The van der Waals surface area contributed by atoms with Crippen LogP contribution in [0.2, 0.25) is 0 Å². The Bertz CT molecular complexity index is 708. The first-order valence-corrected chi connectivity index (χ1v) is 10.9. The van der Waals surface area contributed by atoms with E-state index in [-0.39, 0.29) is 12.1 Å². The zero-order chi connectivity index (χ0) is 18.4. The van der Waals surface area contributed by atoms with Gasteiger partial charge in [-0.3, -0.25) is 4.90 Å². The van der Waals surface area contributed by atoms with Crippen molar-refractivity contribution < 1.29 is 9.80 Å². The van der Waals surface area contributed by atoms with Crippen LogP contribution in [0.1, 0.15) is 44.1 Å². The van der Waals surface area contributed by atoms with Crippen LogP contribution in [-0.2, 0) is 6.54 Å². The van der Waals surface area contributed by atoms with Crippen LogP contribution in [0.3, 0.4) is 0 Å². The number of hydrogen-bond acceptors (Lipinski definition) is 0. The summed E-state index contributed by atoms with van der Waals surface area (Å²) in [5.74, 6) is 9.23. The van der Waals surface area contributed by atoms with Crippen LogP contribution in [0.15, 0.2) is 30.3 Å². The smallest absolute Gasteiger partial charge is 0.199 e. The molecule has 6 rings (SSSR count). The normalized spacial score (nSPS) is 45.2. The van der Waals surface area contributed by atoms with Crippen LogP contribution in [0, 0.1) is 42.4 Å². The minimum atomic E-state index is 0.225. The maximum atomic E-state index is 6.07. The van der Waals surface area contributed by atoms with Crippen molar-refractivity contribution in [2.45, 2.75) is 62.7 Å². The van der Waals surface area contributed by atoms with E-state index >= 15 is 0 Å². The largest absolute Gasteiger partial charge is 0.318 e. The van der Waals surface area contributed by atoms with Gasteiger partial charge >= 0.3 is 0 Å². The van der Waals surface area contributed by atoms with E-state index in [1.54, 1.807) is 4.90 Å². The highest BCUT2D eigenvalue weighted by atomic mass is 15.3. The minimum absolute atomic E-state index is 0.225. The molecule has 1 aliphatic heterocycles. The number of quaternary nitrogens is 2. The highest BCUT2D eigenvalue weighted by Gasteiger charge is 2.58. The molecule has 1 heterocycles. The number of piperazine rings is 1. The van der Waals surface area contributed by atoms with E-state index in [1.807, 2.05) is 0 Å². The topological polar surface area (TPSA) is 8.88 Å². The zero-order valence-electron chi connectivity index (χ0n) is 16.3. The summed E-state index contributed by atoms with van der Waals surface area (Å²) in [5, 5.41) is 0. The van der Waals surface area contributed by atoms with E-state index in [9.17, 15) is 0 Å². The fourth-order valence-electron chi connectivity index (χ4n) is 7.47. The van der Waals surface area contributed by atoms with E-state index in [2.05, 4.69) is 42.2 Å². The lowest BCUT2D eigenvalue weighted by molar-refractivity contribution is -1.07. The second kappa shape index (κ2) is 6.70. The van der Waals surface area contributed by atoms with Crippen LogP contribution in [0.25, 0.3) is 0 Å². The van der Waals surface area contributed by atoms with Crippen molar-refractivity contribution in [3.05, 3.63) is 35.9 Å². The molecule has 2 N–H and O–H groups in total. The summed E-state index contributed by atoms with van der Waals surface area (Å²) < 4.78 is 0. The Morgan fingerprint density at radius 3 is 1.85 bits per heavy atom. The fourth-order valence-corrected chi connectivity index (χ4v) is 7.47. The van der Waals surface area contributed by atoms with Crippen molar-refractivity contribution in [1.82, 2.24) is 0 Å². The van der Waals surface area contributed by atoms with Gasteiger partial charge in [0.1, 0.15) is 19.6 Å². The summed E-state index contributed by atoms with van der Waals surface area (Å²) in [5.41, 5.74) is 1.82. The van der Waals surface area contributed by atoms with Crippen LogP contribution in [-0.4, -0.2) is 30.7 Å². The molecule has 0 aromatic heterocycles. The van der Waals surface area contributed by atoms with Gasteiger partial charge in [0.25, 0.3) is 0 Å². The average Bonchev–Trinajstić information content (AvgIpc) is 2.67. The first kappa shape index (κ1) is 17.4. The quantitative estimate of drug-likeness (QED) is 0.743. The van der Waals surface area contributed by atoms with Gasteiger partial charge in [-0.15, -0.1) is 12.8 Å². The molecular formula is C25H32N2+2. The number of rotatable bonds is 3. The Hall–Kier alpha value is -1.74. The Kier molecular flexibility index (Phi) is 4.31. The van der Waals surface area contributed by atoms with E-state index < -0.39 is 0 Å². The fraction of sp³-hybridized carbons (Fsp3) is 0.600. The Labute approximate surface area is 164 Å². The third kappa shape index (κ3) is 3.00. The first-order chi connectivity index (χ1) is 13.2. The van der Waals surface area contributed by atoms with Crippen molar-refractivity contribution in [2.75, 3.05) is 13.1 Å². The van der Waals surface area contributed by atoms with Gasteiger partial charge in [0.2, 0.25) is 0 Å². The maximum absolute atomic E-state index is 6.07. The maximum Gasteiger partial charge on any atom is 0.199 e. The lowest BCUT2D eigenvalue weighted by atomic mass is 9.52. The standard InChI is InChI=1S/C25H30N2/c1-3-23-17-26(25-13-20-10-21(14-25)12-22(11-20)15-25)18-24(4-2)27(23)16-19-8-6-5-7-9-19/h1-2,5-9,20-24H,10-18H2/p+2/t20?,21?,22?,23-,24-,25?/m1/s1. The molecule has 27 heavy (non-hydrogen) atoms. The minimum Gasteiger partial charge on any atom is -0.318 e. The van der Waals surface area contributed by atoms with Crippen LogP contribution < -0.4 is 9.80 Å². The molecule has 2 heteroatoms. The average molecular weight is 361 g/mol. The molecule has 1 saturated heterocycles. The highest BCUT2D eigenvalue weighted by Crippen LogP contribution is 2.54. The summed E-state index contributed by atoms with van der Waals surface area (Å²) in [6, 6.07) is 11.2. The number of benzene rings is 1. The van der Waals surface area contributed by atoms with Gasteiger partial charge in [-0.05, 0) is 48.9 Å². The lowest BCUT2D eigenvalue weighted by Crippen LogP contribution is -3.35. The second-order valence-electron chi connectivity index (χ2n) is 9.89. The van der Waals surface area contributed by atoms with E-state index in [0.717, 1.165) is 37.4 Å². The molecule has 0 radical (unpaired) electrons. The van der Waals surface area contributed by atoms with Gasteiger partial charge in [-0.25, -0.2) is 0 Å². The van der Waals surface area contributed by atoms with Crippen molar-refractivity contribution >= 4 is 0 Å². The monoisotopic (exact) mass is 360 g/mol. The molecule has 5 aliphatic rings. The van der Waals surface area contributed by atoms with Crippen molar-refractivity contribution in [2.24, 2.45) is 17.8 Å². The number of nitrogens with one attached hydrogen (secondary N) is 2. The van der Waals surface area contributed by atoms with Crippen molar-refractivity contribution in [3.63, 3.8) is 0 Å². The Morgan fingerprint density at radius 1 is 0.852 bits per heavy atom. The third-order valence-corrected chi connectivity index (χ3v) is 8.24. The third-order valence-electron chi connectivity index (χ3n) is 8.24. The molecule has 0 spiro atoms. The molecule has 4 saturated carbocycles. The van der Waals surface area contributed by atoms with Crippen LogP contribution in [0.4, 0.5) is 0 Å². The number of terminal acetylenes is 2. The van der Waals surface area contributed by atoms with E-state index in [4.69, 9.17) is 12.8 Å². The summed E-state index contributed by atoms with van der Waals surface area (Å²) in [7, 11) is 0. The summed E-state index contributed by atoms with van der Waals surface area (Å²) in [6.45, 7) is 3.14. The summed E-state index contributed by atoms with van der Waals surface area (Å²) >= 11 is 0. The van der Waals surface area contributed by atoms with Gasteiger partial charge in [-0.2, -0.15) is 0 Å². The summed E-state index contributed by atoms with van der Waals surface area (Å²) in [6.07, 6.45) is 20.9. The second-order valence-corrected chi connectivity index (χ2v) is 9.89. The molecule has 1 aromatic carbocycles. The van der Waals surface area contributed by atoms with E-state index in [1.165, 1.54) is 49.0 Å². The molecule has 0 unspecified atom stereocenters. The Balaban J connectivity index is 1.39. The molecule has 4 bridgehead atoms. The van der Waals surface area contributed by atoms with Crippen LogP contribution >= 0.6 is 0 Å². The zero-order valence-corrected chi connectivity index (χ0v) is 16.3. The number of hydrogen-bond donors (Lipinski definition) is 2.